The Hall–Kier alpha value is -2.70. The van der Waals surface area contributed by atoms with Crippen LogP contribution in [0.1, 0.15) is 74.0 Å². The smallest absolute Gasteiger partial charge is 0.329 e. The molecule has 1 aromatic carbocycles. The van der Waals surface area contributed by atoms with Crippen LogP contribution in [0.5, 0.6) is 0 Å². The lowest BCUT2D eigenvalue weighted by Crippen LogP contribution is -2.54. The molecular weight excluding hydrogens is 370 g/mol. The van der Waals surface area contributed by atoms with E-state index < -0.39 is 17.4 Å². The summed E-state index contributed by atoms with van der Waals surface area (Å²) in [5.74, 6) is -0.633. The molecule has 1 aromatic heterocycles. The Balaban J connectivity index is 1.67. The molecule has 0 unspecified atom stereocenters. The summed E-state index contributed by atoms with van der Waals surface area (Å²) in [5.41, 5.74) is -0.443. The number of hydrogen-bond donors (Lipinski definition) is 2. The molecule has 2 aliphatic rings. The van der Waals surface area contributed by atoms with Crippen molar-refractivity contribution in [1.29, 1.82) is 0 Å². The second kappa shape index (κ2) is 7.97. The number of nitrogens with one attached hydrogen (secondary N) is 1. The van der Waals surface area contributed by atoms with Gasteiger partial charge in [-0.15, -0.1) is 0 Å². The van der Waals surface area contributed by atoms with Crippen molar-refractivity contribution in [3.63, 3.8) is 0 Å². The van der Waals surface area contributed by atoms with Gasteiger partial charge in [0, 0.05) is 18.5 Å². The molecule has 154 valence electrons. The predicted octanol–water partition coefficient (Wildman–Crippen LogP) is 3.03. The van der Waals surface area contributed by atoms with Gasteiger partial charge >= 0.3 is 5.97 Å². The van der Waals surface area contributed by atoms with E-state index in [1.54, 1.807) is 22.8 Å². The number of nitrogens with zero attached hydrogens (tertiary/aromatic N) is 2. The molecule has 1 fully saturated rings. The van der Waals surface area contributed by atoms with Gasteiger partial charge in [0.25, 0.3) is 11.5 Å². The Morgan fingerprint density at radius 3 is 2.48 bits per heavy atom. The molecule has 1 aliphatic carbocycles. The predicted molar refractivity (Wildman–Crippen MR) is 109 cm³/mol. The van der Waals surface area contributed by atoms with Crippen molar-refractivity contribution in [1.82, 2.24) is 14.9 Å². The maximum absolute atomic E-state index is 12.9. The molecule has 0 saturated heterocycles. The van der Waals surface area contributed by atoms with Gasteiger partial charge in [0.05, 0.1) is 10.9 Å². The summed E-state index contributed by atoms with van der Waals surface area (Å²) in [7, 11) is 0. The minimum Gasteiger partial charge on any atom is -0.480 e. The number of aryl methyl sites for hydroxylation is 1. The van der Waals surface area contributed by atoms with Gasteiger partial charge in [-0.3, -0.25) is 14.2 Å². The normalized spacial score (nSPS) is 19.0. The monoisotopic (exact) mass is 397 g/mol. The van der Waals surface area contributed by atoms with Gasteiger partial charge in [0.1, 0.15) is 11.4 Å². The van der Waals surface area contributed by atoms with Crippen LogP contribution in [0.2, 0.25) is 0 Å². The lowest BCUT2D eigenvalue weighted by Gasteiger charge is -2.29. The number of carbonyl (C=O) groups excluding carboxylic acids is 1. The molecule has 2 N–H and O–H groups in total. The zero-order valence-corrected chi connectivity index (χ0v) is 16.6. The first-order valence-electron chi connectivity index (χ1n) is 10.6. The molecule has 1 saturated carbocycles. The van der Waals surface area contributed by atoms with Crippen LogP contribution in [0.25, 0.3) is 10.9 Å². The van der Waals surface area contributed by atoms with E-state index >= 15 is 0 Å². The summed E-state index contributed by atoms with van der Waals surface area (Å²) in [6, 6.07) is 4.85. The van der Waals surface area contributed by atoms with Crippen LogP contribution < -0.4 is 10.9 Å². The first-order valence-corrected chi connectivity index (χ1v) is 10.6. The van der Waals surface area contributed by atoms with E-state index in [0.29, 0.717) is 35.9 Å². The van der Waals surface area contributed by atoms with E-state index in [1.165, 1.54) is 0 Å². The SMILES string of the molecule is O=C(NC1(C(=O)O)CCCCCC1)c1ccc2c(=O)n3c(nc2c1)CCCCC3. The number of hydrogen-bond acceptors (Lipinski definition) is 4. The zero-order chi connectivity index (χ0) is 20.4. The second-order valence-corrected chi connectivity index (χ2v) is 8.28. The van der Waals surface area contributed by atoms with Gasteiger partial charge < -0.3 is 10.4 Å². The molecule has 4 rings (SSSR count). The van der Waals surface area contributed by atoms with E-state index in [-0.39, 0.29) is 5.56 Å². The Kier molecular flexibility index (Phi) is 5.39. The maximum Gasteiger partial charge on any atom is 0.329 e. The lowest BCUT2D eigenvalue weighted by atomic mass is 9.89. The standard InChI is InChI=1S/C22H27N3O4/c26-19(24-22(21(28)29)11-5-1-2-6-12-22)15-9-10-16-17(14-15)23-18-8-4-3-7-13-25(18)20(16)27/h9-10,14H,1-8,11-13H2,(H,24,26)(H,28,29). The average Bonchev–Trinajstić information content (AvgIpc) is 3.09. The highest BCUT2D eigenvalue weighted by atomic mass is 16.4. The summed E-state index contributed by atoms with van der Waals surface area (Å²) < 4.78 is 1.75. The number of fused-ring (bicyclic) bond motifs is 2. The first-order chi connectivity index (χ1) is 14.0. The molecule has 7 nitrogen and oxygen atoms in total. The van der Waals surface area contributed by atoms with E-state index in [1.807, 2.05) is 0 Å². The van der Waals surface area contributed by atoms with Crippen LogP contribution in [0.15, 0.2) is 23.0 Å². The van der Waals surface area contributed by atoms with Crippen molar-refractivity contribution in [3.05, 3.63) is 39.9 Å². The maximum atomic E-state index is 12.9. The van der Waals surface area contributed by atoms with Crippen LogP contribution in [0.3, 0.4) is 0 Å². The minimum absolute atomic E-state index is 0.0652. The summed E-state index contributed by atoms with van der Waals surface area (Å²) >= 11 is 0. The Morgan fingerprint density at radius 1 is 1.03 bits per heavy atom. The number of amides is 1. The molecule has 29 heavy (non-hydrogen) atoms. The third-order valence-electron chi connectivity index (χ3n) is 6.30. The Morgan fingerprint density at radius 2 is 1.76 bits per heavy atom. The van der Waals surface area contributed by atoms with Crippen LogP contribution in [-0.2, 0) is 17.8 Å². The third kappa shape index (κ3) is 3.78. The number of benzene rings is 1. The van der Waals surface area contributed by atoms with Crippen LogP contribution in [0.4, 0.5) is 0 Å². The van der Waals surface area contributed by atoms with Crippen LogP contribution in [-0.4, -0.2) is 32.1 Å². The Labute approximate surface area is 169 Å². The molecule has 2 heterocycles. The van der Waals surface area contributed by atoms with Gasteiger partial charge in [-0.1, -0.05) is 32.1 Å². The number of carbonyl (C=O) groups is 2. The first kappa shape index (κ1) is 19.6. The van der Waals surface area contributed by atoms with Crippen molar-refractivity contribution < 1.29 is 14.7 Å². The summed E-state index contributed by atoms with van der Waals surface area (Å²) in [5, 5.41) is 13.1. The largest absolute Gasteiger partial charge is 0.480 e. The Bertz CT molecular complexity index is 1000. The molecule has 2 aromatic rings. The van der Waals surface area contributed by atoms with E-state index in [0.717, 1.165) is 57.2 Å². The fourth-order valence-electron chi connectivity index (χ4n) is 4.57. The van der Waals surface area contributed by atoms with Crippen LogP contribution in [0, 0.1) is 0 Å². The second-order valence-electron chi connectivity index (χ2n) is 8.28. The molecule has 1 amide bonds. The fourth-order valence-corrected chi connectivity index (χ4v) is 4.57. The molecular formula is C22H27N3O4. The number of aromatic nitrogens is 2. The van der Waals surface area contributed by atoms with Crippen molar-refractivity contribution in [2.24, 2.45) is 0 Å². The zero-order valence-electron chi connectivity index (χ0n) is 16.6. The van der Waals surface area contributed by atoms with Gasteiger partial charge in [-0.25, -0.2) is 9.78 Å². The lowest BCUT2D eigenvalue weighted by molar-refractivity contribution is -0.145. The fraction of sp³-hybridized carbons (Fsp3) is 0.545. The minimum atomic E-state index is -1.22. The van der Waals surface area contributed by atoms with Gasteiger partial charge in [-0.2, -0.15) is 0 Å². The summed E-state index contributed by atoms with van der Waals surface area (Å²) in [6.07, 6.45) is 8.22. The molecule has 1 aliphatic heterocycles. The summed E-state index contributed by atoms with van der Waals surface area (Å²) in [4.78, 5) is 42.4. The number of carboxylic acid groups (broad SMARTS) is 1. The average molecular weight is 397 g/mol. The van der Waals surface area contributed by atoms with E-state index in [2.05, 4.69) is 10.3 Å². The molecule has 0 spiro atoms. The third-order valence-corrected chi connectivity index (χ3v) is 6.30. The van der Waals surface area contributed by atoms with Crippen LogP contribution >= 0.6 is 0 Å². The number of aliphatic carboxylic acids is 1. The molecule has 0 bridgehead atoms. The number of carboxylic acids is 1. The number of rotatable bonds is 3. The van der Waals surface area contributed by atoms with Crippen molar-refractivity contribution >= 4 is 22.8 Å². The molecule has 7 heteroatoms. The van der Waals surface area contributed by atoms with E-state index in [9.17, 15) is 19.5 Å². The molecule has 0 radical (unpaired) electrons. The topological polar surface area (TPSA) is 101 Å². The van der Waals surface area contributed by atoms with Crippen molar-refractivity contribution in [2.45, 2.75) is 76.3 Å². The van der Waals surface area contributed by atoms with Crippen molar-refractivity contribution in [2.75, 3.05) is 0 Å². The van der Waals surface area contributed by atoms with Gasteiger partial charge in [-0.05, 0) is 43.9 Å². The highest BCUT2D eigenvalue weighted by Crippen LogP contribution is 2.28. The quantitative estimate of drug-likeness (QED) is 0.775. The van der Waals surface area contributed by atoms with Gasteiger partial charge in [0.2, 0.25) is 0 Å². The highest BCUT2D eigenvalue weighted by molar-refractivity contribution is 6.00. The summed E-state index contributed by atoms with van der Waals surface area (Å²) in [6.45, 7) is 0.681. The van der Waals surface area contributed by atoms with Gasteiger partial charge in [0.15, 0.2) is 0 Å². The molecule has 0 atom stereocenters. The van der Waals surface area contributed by atoms with Crippen molar-refractivity contribution in [3.8, 4) is 0 Å². The van der Waals surface area contributed by atoms with E-state index in [4.69, 9.17) is 0 Å². The highest BCUT2D eigenvalue weighted by Gasteiger charge is 2.40.